The molecule has 86 valence electrons. The Labute approximate surface area is 102 Å². The minimum atomic E-state index is -3.86. The third-order valence-electron chi connectivity index (χ3n) is 1.71. The summed E-state index contributed by atoms with van der Waals surface area (Å²) in [7, 11) is -3.86. The molecule has 0 aromatic heterocycles. The third-order valence-corrected chi connectivity index (χ3v) is 3.02. The van der Waals surface area contributed by atoms with Crippen LogP contribution < -0.4 is 5.14 Å². The number of rotatable bonds is 2. The van der Waals surface area contributed by atoms with Gasteiger partial charge < -0.3 is 0 Å². The molecule has 0 saturated heterocycles. The van der Waals surface area contributed by atoms with Gasteiger partial charge in [0.15, 0.2) is 0 Å². The zero-order valence-corrected chi connectivity index (χ0v) is 10.6. The van der Waals surface area contributed by atoms with Gasteiger partial charge in [0, 0.05) is 11.8 Å². The summed E-state index contributed by atoms with van der Waals surface area (Å²) in [6.07, 6.45) is 0.594. The molecule has 0 bridgehead atoms. The molecule has 0 aliphatic rings. The van der Waals surface area contributed by atoms with Gasteiger partial charge in [-0.15, -0.1) is 0 Å². The Morgan fingerprint density at radius 3 is 2.62 bits per heavy atom. The smallest absolute Gasteiger partial charge is 0.225 e. The zero-order valence-electron chi connectivity index (χ0n) is 8.20. The fourth-order valence-electron chi connectivity index (χ4n) is 0.979. The Hall–Kier alpha value is -0.900. The van der Waals surface area contributed by atoms with Crippen molar-refractivity contribution < 1.29 is 12.8 Å². The van der Waals surface area contributed by atoms with Crippen LogP contribution in [0.3, 0.4) is 0 Å². The molecule has 6 heteroatoms. The first-order valence-electron chi connectivity index (χ1n) is 4.32. The van der Waals surface area contributed by atoms with Gasteiger partial charge in [0.05, 0.1) is 10.5 Å². The second kappa shape index (κ2) is 5.43. The summed E-state index contributed by atoms with van der Waals surface area (Å²) in [4.78, 5) is -0.254. The normalized spacial score (nSPS) is 10.7. The first-order chi connectivity index (χ1) is 7.45. The first-order valence-corrected chi connectivity index (χ1v) is 6.99. The lowest BCUT2D eigenvalue weighted by Gasteiger charge is -1.99. The van der Waals surface area contributed by atoms with Crippen LogP contribution >= 0.6 is 15.9 Å². The molecule has 0 unspecified atom stereocenters. The standard InChI is InChI=1S/C10H9BrFNO2S/c11-6-2-1-3-8-4-5-9(7-10(8)12)16(13,14)15/h4-5,7H,2,6H2,(H2,13,14,15). The van der Waals surface area contributed by atoms with Gasteiger partial charge in [-0.1, -0.05) is 27.8 Å². The third kappa shape index (κ3) is 3.59. The lowest BCUT2D eigenvalue weighted by Crippen LogP contribution is -2.12. The predicted octanol–water partition coefficient (Wildman–Crippen LogP) is 1.61. The van der Waals surface area contributed by atoms with Crippen molar-refractivity contribution in [3.05, 3.63) is 29.6 Å². The van der Waals surface area contributed by atoms with Crippen molar-refractivity contribution in [2.75, 3.05) is 5.33 Å². The molecule has 0 atom stereocenters. The molecule has 1 rings (SSSR count). The van der Waals surface area contributed by atoms with Gasteiger partial charge in [-0.05, 0) is 18.2 Å². The Balaban J connectivity index is 3.07. The SMILES string of the molecule is NS(=O)(=O)c1ccc(C#CCCBr)c(F)c1. The van der Waals surface area contributed by atoms with Crippen molar-refractivity contribution in [2.45, 2.75) is 11.3 Å². The van der Waals surface area contributed by atoms with E-state index in [0.717, 1.165) is 6.07 Å². The molecule has 0 radical (unpaired) electrons. The molecule has 0 heterocycles. The van der Waals surface area contributed by atoms with Gasteiger partial charge in [-0.2, -0.15) is 0 Å². The lowest BCUT2D eigenvalue weighted by molar-refractivity contribution is 0.591. The van der Waals surface area contributed by atoms with Gasteiger partial charge >= 0.3 is 0 Å². The van der Waals surface area contributed by atoms with E-state index >= 15 is 0 Å². The van der Waals surface area contributed by atoms with Gasteiger partial charge in [0.2, 0.25) is 10.0 Å². The van der Waals surface area contributed by atoms with E-state index < -0.39 is 15.8 Å². The molecule has 1 aromatic rings. The van der Waals surface area contributed by atoms with E-state index in [-0.39, 0.29) is 10.5 Å². The highest BCUT2D eigenvalue weighted by Gasteiger charge is 2.10. The van der Waals surface area contributed by atoms with E-state index in [0.29, 0.717) is 11.8 Å². The molecule has 0 spiro atoms. The van der Waals surface area contributed by atoms with Crippen molar-refractivity contribution >= 4 is 26.0 Å². The van der Waals surface area contributed by atoms with Crippen LogP contribution in [0.4, 0.5) is 4.39 Å². The number of alkyl halides is 1. The monoisotopic (exact) mass is 305 g/mol. The van der Waals surface area contributed by atoms with Crippen LogP contribution in [0.1, 0.15) is 12.0 Å². The fourth-order valence-corrected chi connectivity index (χ4v) is 1.70. The summed E-state index contributed by atoms with van der Waals surface area (Å²) in [6.45, 7) is 0. The van der Waals surface area contributed by atoms with Crippen molar-refractivity contribution in [3.63, 3.8) is 0 Å². The number of halogens is 2. The second-order valence-electron chi connectivity index (χ2n) is 2.93. The minimum Gasteiger partial charge on any atom is -0.225 e. The van der Waals surface area contributed by atoms with Crippen LogP contribution in [0, 0.1) is 17.7 Å². The summed E-state index contributed by atoms with van der Waals surface area (Å²) in [5.41, 5.74) is 0.161. The Morgan fingerprint density at radius 1 is 1.44 bits per heavy atom. The van der Waals surface area contributed by atoms with Crippen molar-refractivity contribution in [1.29, 1.82) is 0 Å². The maximum atomic E-state index is 13.4. The summed E-state index contributed by atoms with van der Waals surface area (Å²) in [5.74, 6) is 4.65. The number of hydrogen-bond donors (Lipinski definition) is 1. The Kier molecular flexibility index (Phi) is 4.47. The minimum absolute atomic E-state index is 0.161. The molecule has 0 fully saturated rings. The average Bonchev–Trinajstić information content (AvgIpc) is 2.19. The molecule has 2 N–H and O–H groups in total. The first kappa shape index (κ1) is 13.2. The highest BCUT2D eigenvalue weighted by Crippen LogP contribution is 2.12. The summed E-state index contributed by atoms with van der Waals surface area (Å²) >= 11 is 3.19. The quantitative estimate of drug-likeness (QED) is 0.666. The van der Waals surface area contributed by atoms with E-state index in [1.165, 1.54) is 12.1 Å². The van der Waals surface area contributed by atoms with Gasteiger partial charge in [0.1, 0.15) is 5.82 Å². The topological polar surface area (TPSA) is 60.2 Å². The molecule has 0 aliphatic carbocycles. The highest BCUT2D eigenvalue weighted by molar-refractivity contribution is 9.09. The maximum absolute atomic E-state index is 13.4. The fraction of sp³-hybridized carbons (Fsp3) is 0.200. The predicted molar refractivity (Wildman–Crippen MR) is 63.1 cm³/mol. The van der Waals surface area contributed by atoms with Crippen LogP contribution in [-0.2, 0) is 10.0 Å². The molecular formula is C10H9BrFNO2S. The molecule has 0 amide bonds. The van der Waals surface area contributed by atoms with Crippen LogP contribution in [0.25, 0.3) is 0 Å². The number of nitrogens with two attached hydrogens (primary N) is 1. The lowest BCUT2D eigenvalue weighted by atomic mass is 10.2. The van der Waals surface area contributed by atoms with E-state index in [1.54, 1.807) is 0 Å². The van der Waals surface area contributed by atoms with Crippen LogP contribution in [0.5, 0.6) is 0 Å². The molecule has 1 aromatic carbocycles. The number of hydrogen-bond acceptors (Lipinski definition) is 2. The average molecular weight is 306 g/mol. The number of sulfonamides is 1. The van der Waals surface area contributed by atoms with Crippen LogP contribution in [0.15, 0.2) is 23.1 Å². The van der Waals surface area contributed by atoms with Crippen molar-refractivity contribution in [1.82, 2.24) is 0 Å². The molecular weight excluding hydrogens is 297 g/mol. The molecule has 3 nitrogen and oxygen atoms in total. The zero-order chi connectivity index (χ0) is 12.2. The highest BCUT2D eigenvalue weighted by atomic mass is 79.9. The van der Waals surface area contributed by atoms with E-state index in [2.05, 4.69) is 27.8 Å². The Bertz CT molecular complexity index is 546. The Morgan fingerprint density at radius 2 is 2.12 bits per heavy atom. The van der Waals surface area contributed by atoms with Crippen molar-refractivity contribution in [2.24, 2.45) is 5.14 Å². The summed E-state index contributed by atoms with van der Waals surface area (Å²) < 4.78 is 35.2. The molecule has 16 heavy (non-hydrogen) atoms. The van der Waals surface area contributed by atoms with Crippen molar-refractivity contribution in [3.8, 4) is 11.8 Å². The van der Waals surface area contributed by atoms with E-state index in [4.69, 9.17) is 5.14 Å². The molecule has 0 aliphatic heterocycles. The van der Waals surface area contributed by atoms with E-state index in [1.807, 2.05) is 0 Å². The van der Waals surface area contributed by atoms with E-state index in [9.17, 15) is 12.8 Å². The van der Waals surface area contributed by atoms with Crippen LogP contribution in [-0.4, -0.2) is 13.7 Å². The second-order valence-corrected chi connectivity index (χ2v) is 5.28. The number of primary sulfonamides is 1. The van der Waals surface area contributed by atoms with Gasteiger partial charge in [-0.3, -0.25) is 0 Å². The summed E-state index contributed by atoms with van der Waals surface area (Å²) in [5, 5.41) is 5.57. The maximum Gasteiger partial charge on any atom is 0.238 e. The number of benzene rings is 1. The summed E-state index contributed by atoms with van der Waals surface area (Å²) in [6, 6.07) is 3.40. The van der Waals surface area contributed by atoms with Gasteiger partial charge in [0.25, 0.3) is 0 Å². The van der Waals surface area contributed by atoms with Gasteiger partial charge in [-0.25, -0.2) is 17.9 Å². The van der Waals surface area contributed by atoms with Crippen LogP contribution in [0.2, 0.25) is 0 Å². The largest absolute Gasteiger partial charge is 0.238 e. The molecule has 0 saturated carbocycles.